The molecule has 0 saturated heterocycles. The molecule has 1 aliphatic carbocycles. The Kier molecular flexibility index (Phi) is 5.95. The highest BCUT2D eigenvalue weighted by Gasteiger charge is 2.40. The van der Waals surface area contributed by atoms with E-state index in [1.165, 1.54) is 37.7 Å². The van der Waals surface area contributed by atoms with Gasteiger partial charge in [-0.2, -0.15) is 0 Å². The van der Waals surface area contributed by atoms with E-state index in [0.717, 1.165) is 18.7 Å². The maximum atomic E-state index is 6.35. The number of hydrogen-bond donors (Lipinski definition) is 1. The first-order valence-corrected chi connectivity index (χ1v) is 8.61. The summed E-state index contributed by atoms with van der Waals surface area (Å²) < 4.78 is 5.29. The van der Waals surface area contributed by atoms with Crippen molar-refractivity contribution in [1.29, 1.82) is 0 Å². The van der Waals surface area contributed by atoms with Gasteiger partial charge in [-0.1, -0.05) is 44.4 Å². The minimum atomic E-state index is 0.382. The molecule has 0 aliphatic heterocycles. The molecule has 0 bridgehead atoms. The van der Waals surface area contributed by atoms with Gasteiger partial charge in [-0.05, 0) is 55.3 Å². The van der Waals surface area contributed by atoms with Crippen molar-refractivity contribution in [2.75, 3.05) is 13.7 Å². The predicted octanol–water partition coefficient (Wildman–Crippen LogP) is 5.36. The molecule has 1 aromatic rings. The number of halogens is 1. The molecule has 1 unspecified atom stereocenters. The van der Waals surface area contributed by atoms with Crippen LogP contribution in [0.25, 0.3) is 0 Å². The van der Waals surface area contributed by atoms with Gasteiger partial charge in [0.2, 0.25) is 0 Å². The average molecular weight is 310 g/mol. The lowest BCUT2D eigenvalue weighted by Crippen LogP contribution is -2.36. The van der Waals surface area contributed by atoms with Crippen molar-refractivity contribution in [2.24, 2.45) is 5.41 Å². The van der Waals surface area contributed by atoms with Gasteiger partial charge < -0.3 is 10.1 Å². The van der Waals surface area contributed by atoms with Gasteiger partial charge in [-0.25, -0.2) is 0 Å². The fourth-order valence-electron chi connectivity index (χ4n) is 3.76. The molecule has 0 radical (unpaired) electrons. The molecule has 0 heterocycles. The summed E-state index contributed by atoms with van der Waals surface area (Å²) in [4.78, 5) is 0. The molecule has 1 aliphatic rings. The highest BCUT2D eigenvalue weighted by atomic mass is 35.5. The summed E-state index contributed by atoms with van der Waals surface area (Å²) in [5, 5.41) is 4.50. The summed E-state index contributed by atoms with van der Waals surface area (Å²) in [7, 11) is 1.66. The molecule has 118 valence electrons. The van der Waals surface area contributed by atoms with Gasteiger partial charge in [0.1, 0.15) is 5.75 Å². The Hall–Kier alpha value is -0.730. The standard InChI is InChI=1S/C18H28ClNO/c1-4-12-20-17(18(5-2)10-6-7-11-18)14-8-9-16(21-3)15(19)13-14/h8-9,13,17,20H,4-7,10-12H2,1-3H3. The zero-order chi connectivity index (χ0) is 15.3. The van der Waals surface area contributed by atoms with E-state index in [2.05, 4.69) is 31.3 Å². The van der Waals surface area contributed by atoms with Crippen LogP contribution in [0.5, 0.6) is 5.75 Å². The third-order valence-electron chi connectivity index (χ3n) is 5.02. The Labute approximate surface area is 134 Å². The van der Waals surface area contributed by atoms with E-state index in [4.69, 9.17) is 16.3 Å². The Morgan fingerprint density at radius 1 is 1.29 bits per heavy atom. The van der Waals surface area contributed by atoms with Gasteiger partial charge in [-0.3, -0.25) is 0 Å². The number of rotatable bonds is 7. The molecule has 1 atom stereocenters. The zero-order valence-electron chi connectivity index (χ0n) is 13.5. The average Bonchev–Trinajstić information content (AvgIpc) is 2.98. The van der Waals surface area contributed by atoms with Gasteiger partial charge in [0.25, 0.3) is 0 Å². The number of hydrogen-bond acceptors (Lipinski definition) is 2. The van der Waals surface area contributed by atoms with Gasteiger partial charge in [0, 0.05) is 6.04 Å². The van der Waals surface area contributed by atoms with Crippen LogP contribution >= 0.6 is 11.6 Å². The lowest BCUT2D eigenvalue weighted by atomic mass is 9.73. The zero-order valence-corrected chi connectivity index (χ0v) is 14.3. The minimum Gasteiger partial charge on any atom is -0.495 e. The molecule has 1 fully saturated rings. The number of ether oxygens (including phenoxy) is 1. The Balaban J connectivity index is 2.33. The SMILES string of the molecule is CCCNC(c1ccc(OC)c(Cl)c1)C1(CC)CCCC1. The van der Waals surface area contributed by atoms with Gasteiger partial charge in [0.05, 0.1) is 12.1 Å². The fraction of sp³-hybridized carbons (Fsp3) is 0.667. The molecule has 3 heteroatoms. The maximum absolute atomic E-state index is 6.35. The first kappa shape index (κ1) is 16.6. The van der Waals surface area contributed by atoms with Crippen LogP contribution in [0.4, 0.5) is 0 Å². The number of benzene rings is 1. The van der Waals surface area contributed by atoms with E-state index >= 15 is 0 Å². The van der Waals surface area contributed by atoms with Crippen LogP contribution in [0.3, 0.4) is 0 Å². The van der Waals surface area contributed by atoms with Crippen molar-refractivity contribution in [1.82, 2.24) is 5.32 Å². The third-order valence-corrected chi connectivity index (χ3v) is 5.32. The highest BCUT2D eigenvalue weighted by Crippen LogP contribution is 2.50. The van der Waals surface area contributed by atoms with E-state index in [9.17, 15) is 0 Å². The van der Waals surface area contributed by atoms with E-state index in [1.807, 2.05) is 6.07 Å². The van der Waals surface area contributed by atoms with Crippen molar-refractivity contribution < 1.29 is 4.74 Å². The first-order valence-electron chi connectivity index (χ1n) is 8.23. The summed E-state index contributed by atoms with van der Waals surface area (Å²) >= 11 is 6.35. The molecule has 1 aromatic carbocycles. The molecule has 21 heavy (non-hydrogen) atoms. The van der Waals surface area contributed by atoms with Gasteiger partial charge in [0.15, 0.2) is 0 Å². The van der Waals surface area contributed by atoms with Crippen molar-refractivity contribution in [2.45, 2.75) is 58.4 Å². The van der Waals surface area contributed by atoms with E-state index < -0.39 is 0 Å². The predicted molar refractivity (Wildman–Crippen MR) is 90.2 cm³/mol. The van der Waals surface area contributed by atoms with Crippen molar-refractivity contribution >= 4 is 11.6 Å². The molecule has 0 spiro atoms. The Bertz CT molecular complexity index is 455. The second-order valence-electron chi connectivity index (χ2n) is 6.20. The molecule has 1 saturated carbocycles. The second-order valence-corrected chi connectivity index (χ2v) is 6.61. The molecular formula is C18H28ClNO. The van der Waals surface area contributed by atoms with Crippen LogP contribution in [-0.2, 0) is 0 Å². The van der Waals surface area contributed by atoms with Crippen molar-refractivity contribution in [3.8, 4) is 5.75 Å². The Morgan fingerprint density at radius 2 is 2.00 bits per heavy atom. The molecule has 0 amide bonds. The first-order chi connectivity index (χ1) is 10.2. The summed E-state index contributed by atoms with van der Waals surface area (Å²) in [6.07, 6.45) is 7.70. The topological polar surface area (TPSA) is 21.3 Å². The van der Waals surface area contributed by atoms with Crippen molar-refractivity contribution in [3.05, 3.63) is 28.8 Å². The maximum Gasteiger partial charge on any atom is 0.137 e. The van der Waals surface area contributed by atoms with Crippen LogP contribution in [0.2, 0.25) is 5.02 Å². The highest BCUT2D eigenvalue weighted by molar-refractivity contribution is 6.32. The summed E-state index contributed by atoms with van der Waals surface area (Å²) in [5.41, 5.74) is 1.69. The quantitative estimate of drug-likeness (QED) is 0.732. The lowest BCUT2D eigenvalue weighted by Gasteiger charge is -2.38. The summed E-state index contributed by atoms with van der Waals surface area (Å²) in [6.45, 7) is 5.60. The van der Waals surface area contributed by atoms with E-state index in [0.29, 0.717) is 16.5 Å². The molecule has 0 aromatic heterocycles. The van der Waals surface area contributed by atoms with Crippen molar-refractivity contribution in [3.63, 3.8) is 0 Å². The second kappa shape index (κ2) is 7.51. The van der Waals surface area contributed by atoms with Crippen LogP contribution < -0.4 is 10.1 Å². The summed E-state index contributed by atoms with van der Waals surface area (Å²) in [5.74, 6) is 0.756. The van der Waals surface area contributed by atoms with Crippen LogP contribution in [0, 0.1) is 5.41 Å². The fourth-order valence-corrected chi connectivity index (χ4v) is 4.03. The smallest absolute Gasteiger partial charge is 0.137 e. The van der Waals surface area contributed by atoms with Crippen LogP contribution in [0.15, 0.2) is 18.2 Å². The molecule has 1 N–H and O–H groups in total. The van der Waals surface area contributed by atoms with E-state index in [1.54, 1.807) is 7.11 Å². The van der Waals surface area contributed by atoms with Gasteiger partial charge in [-0.15, -0.1) is 0 Å². The molecular weight excluding hydrogens is 282 g/mol. The molecule has 2 rings (SSSR count). The largest absolute Gasteiger partial charge is 0.495 e. The Morgan fingerprint density at radius 3 is 2.52 bits per heavy atom. The normalized spacial score (nSPS) is 18.7. The third kappa shape index (κ3) is 3.54. The minimum absolute atomic E-state index is 0.382. The van der Waals surface area contributed by atoms with Crippen LogP contribution in [-0.4, -0.2) is 13.7 Å². The number of nitrogens with one attached hydrogen (secondary N) is 1. The van der Waals surface area contributed by atoms with E-state index in [-0.39, 0.29) is 0 Å². The number of methoxy groups -OCH3 is 1. The molecule has 2 nitrogen and oxygen atoms in total. The van der Waals surface area contributed by atoms with Crippen LogP contribution in [0.1, 0.15) is 64.0 Å². The monoisotopic (exact) mass is 309 g/mol. The van der Waals surface area contributed by atoms with Gasteiger partial charge >= 0.3 is 0 Å². The lowest BCUT2D eigenvalue weighted by molar-refractivity contribution is 0.187. The summed E-state index contributed by atoms with van der Waals surface area (Å²) in [6, 6.07) is 6.65.